The Bertz CT molecular complexity index is 627. The minimum atomic E-state index is -0.131. The van der Waals surface area contributed by atoms with Gasteiger partial charge >= 0.3 is 0 Å². The Labute approximate surface area is 128 Å². The summed E-state index contributed by atoms with van der Waals surface area (Å²) in [5.41, 5.74) is 1.13. The lowest BCUT2D eigenvalue weighted by Gasteiger charge is -2.38. The molecule has 4 rings (SSSR count). The van der Waals surface area contributed by atoms with Gasteiger partial charge in [-0.25, -0.2) is 9.07 Å². The molecule has 0 amide bonds. The van der Waals surface area contributed by atoms with Crippen LogP contribution in [0.5, 0.6) is 0 Å². The Morgan fingerprint density at radius 1 is 1.18 bits per heavy atom. The van der Waals surface area contributed by atoms with E-state index >= 15 is 0 Å². The van der Waals surface area contributed by atoms with Crippen LogP contribution < -0.4 is 5.32 Å². The zero-order valence-corrected chi connectivity index (χ0v) is 12.5. The van der Waals surface area contributed by atoms with Crippen molar-refractivity contribution in [2.45, 2.75) is 56.7 Å². The Hall–Kier alpha value is -1.82. The zero-order chi connectivity index (χ0) is 14.9. The molecule has 0 bridgehead atoms. The molecule has 1 atom stereocenters. The van der Waals surface area contributed by atoms with E-state index in [-0.39, 0.29) is 5.82 Å². The zero-order valence-electron chi connectivity index (χ0n) is 12.5. The summed E-state index contributed by atoms with van der Waals surface area (Å²) in [6, 6.07) is 8.09. The number of nitrogens with one attached hydrogen (secondary N) is 1. The van der Waals surface area contributed by atoms with Crippen molar-refractivity contribution in [3.05, 3.63) is 41.5 Å². The van der Waals surface area contributed by atoms with Crippen molar-refractivity contribution in [1.29, 1.82) is 0 Å². The molecule has 116 valence electrons. The second-order valence-corrected chi connectivity index (χ2v) is 6.43. The molecule has 0 radical (unpaired) electrons. The molecule has 1 N–H and O–H groups in total. The SMILES string of the molecule is Fc1cccc(C2CC(NC3CCc4nnnn4CC3)C2)c1. The lowest BCUT2D eigenvalue weighted by atomic mass is 9.75. The fourth-order valence-corrected chi connectivity index (χ4v) is 3.59. The predicted molar refractivity (Wildman–Crippen MR) is 79.8 cm³/mol. The van der Waals surface area contributed by atoms with Crippen molar-refractivity contribution in [2.24, 2.45) is 0 Å². The number of fused-ring (bicyclic) bond motifs is 1. The van der Waals surface area contributed by atoms with Crippen LogP contribution in [0.1, 0.15) is 43.0 Å². The molecule has 1 aliphatic carbocycles. The number of benzene rings is 1. The maximum Gasteiger partial charge on any atom is 0.151 e. The van der Waals surface area contributed by atoms with Crippen molar-refractivity contribution in [1.82, 2.24) is 25.5 Å². The maximum absolute atomic E-state index is 13.3. The minimum Gasteiger partial charge on any atom is -0.311 e. The van der Waals surface area contributed by atoms with Crippen molar-refractivity contribution in [3.8, 4) is 0 Å². The van der Waals surface area contributed by atoms with Gasteiger partial charge in [0.15, 0.2) is 5.82 Å². The molecule has 1 unspecified atom stereocenters. The normalized spacial score (nSPS) is 27.8. The Kier molecular flexibility index (Phi) is 3.62. The molecule has 2 aromatic rings. The molecular formula is C16H20FN5. The molecule has 0 saturated heterocycles. The van der Waals surface area contributed by atoms with Crippen LogP contribution in [0.2, 0.25) is 0 Å². The fraction of sp³-hybridized carbons (Fsp3) is 0.562. The van der Waals surface area contributed by atoms with Gasteiger partial charge in [-0.2, -0.15) is 0 Å². The van der Waals surface area contributed by atoms with Gasteiger partial charge in [0, 0.05) is 25.0 Å². The summed E-state index contributed by atoms with van der Waals surface area (Å²) in [5, 5.41) is 15.6. The number of aromatic nitrogens is 4. The standard InChI is InChI=1S/C16H20FN5/c17-13-3-1-2-11(8-13)12-9-15(10-12)18-14-4-5-16-19-20-21-22(16)7-6-14/h1-3,8,12,14-15,18H,4-7,9-10H2. The Morgan fingerprint density at radius 2 is 2.09 bits per heavy atom. The molecule has 2 aliphatic rings. The smallest absolute Gasteiger partial charge is 0.151 e. The number of rotatable bonds is 3. The van der Waals surface area contributed by atoms with E-state index in [1.54, 1.807) is 12.1 Å². The fourth-order valence-electron chi connectivity index (χ4n) is 3.59. The van der Waals surface area contributed by atoms with Crippen LogP contribution >= 0.6 is 0 Å². The summed E-state index contributed by atoms with van der Waals surface area (Å²) in [6.45, 7) is 0.889. The van der Waals surface area contributed by atoms with Gasteiger partial charge in [0.25, 0.3) is 0 Å². The maximum atomic E-state index is 13.3. The quantitative estimate of drug-likeness (QED) is 0.943. The monoisotopic (exact) mass is 301 g/mol. The van der Waals surface area contributed by atoms with Crippen LogP contribution in [0.4, 0.5) is 4.39 Å². The third-order valence-electron chi connectivity index (χ3n) is 4.94. The van der Waals surface area contributed by atoms with E-state index in [2.05, 4.69) is 20.8 Å². The predicted octanol–water partition coefficient (Wildman–Crippen LogP) is 2.05. The molecule has 5 nitrogen and oxygen atoms in total. The van der Waals surface area contributed by atoms with Crippen molar-refractivity contribution in [2.75, 3.05) is 0 Å². The van der Waals surface area contributed by atoms with E-state index in [1.807, 2.05) is 10.7 Å². The molecule has 6 heteroatoms. The number of hydrogen-bond acceptors (Lipinski definition) is 4. The summed E-state index contributed by atoms with van der Waals surface area (Å²) in [4.78, 5) is 0. The number of tetrazole rings is 1. The molecule has 1 aromatic heterocycles. The van der Waals surface area contributed by atoms with Crippen LogP contribution in [0, 0.1) is 5.82 Å². The number of halogens is 1. The highest BCUT2D eigenvalue weighted by atomic mass is 19.1. The third kappa shape index (κ3) is 2.75. The highest BCUT2D eigenvalue weighted by Crippen LogP contribution is 2.37. The average Bonchev–Trinajstić information content (AvgIpc) is 2.84. The summed E-state index contributed by atoms with van der Waals surface area (Å²) >= 11 is 0. The van der Waals surface area contributed by atoms with Crippen LogP contribution in [0.3, 0.4) is 0 Å². The first-order chi connectivity index (χ1) is 10.8. The lowest BCUT2D eigenvalue weighted by molar-refractivity contribution is 0.252. The summed E-state index contributed by atoms with van der Waals surface area (Å²) in [7, 11) is 0. The van der Waals surface area contributed by atoms with Crippen molar-refractivity contribution >= 4 is 0 Å². The number of nitrogens with zero attached hydrogens (tertiary/aromatic N) is 4. The van der Waals surface area contributed by atoms with Gasteiger partial charge in [0.1, 0.15) is 5.82 Å². The summed E-state index contributed by atoms with van der Waals surface area (Å²) in [5.74, 6) is 1.36. The van der Waals surface area contributed by atoms with Crippen LogP contribution in [-0.2, 0) is 13.0 Å². The average molecular weight is 301 g/mol. The van der Waals surface area contributed by atoms with E-state index in [1.165, 1.54) is 6.07 Å². The number of hydrogen-bond donors (Lipinski definition) is 1. The Balaban J connectivity index is 1.29. The van der Waals surface area contributed by atoms with Crippen LogP contribution in [-0.4, -0.2) is 32.3 Å². The first kappa shape index (κ1) is 13.8. The second-order valence-electron chi connectivity index (χ2n) is 6.43. The van der Waals surface area contributed by atoms with Gasteiger partial charge < -0.3 is 5.32 Å². The highest BCUT2D eigenvalue weighted by molar-refractivity contribution is 5.23. The molecule has 22 heavy (non-hydrogen) atoms. The largest absolute Gasteiger partial charge is 0.311 e. The molecule has 1 aromatic carbocycles. The van der Waals surface area contributed by atoms with Gasteiger partial charge in [-0.1, -0.05) is 12.1 Å². The highest BCUT2D eigenvalue weighted by Gasteiger charge is 2.32. The van der Waals surface area contributed by atoms with Gasteiger partial charge in [-0.05, 0) is 59.7 Å². The molecular weight excluding hydrogens is 281 g/mol. The van der Waals surface area contributed by atoms with Gasteiger partial charge in [0.2, 0.25) is 0 Å². The summed E-state index contributed by atoms with van der Waals surface area (Å²) in [6.07, 6.45) is 5.29. The molecule has 2 heterocycles. The third-order valence-corrected chi connectivity index (χ3v) is 4.94. The lowest BCUT2D eigenvalue weighted by Crippen LogP contribution is -2.45. The molecule has 1 fully saturated rings. The van der Waals surface area contributed by atoms with E-state index in [0.717, 1.165) is 50.0 Å². The Morgan fingerprint density at radius 3 is 2.95 bits per heavy atom. The topological polar surface area (TPSA) is 55.6 Å². The first-order valence-corrected chi connectivity index (χ1v) is 8.04. The van der Waals surface area contributed by atoms with Crippen LogP contribution in [0.25, 0.3) is 0 Å². The van der Waals surface area contributed by atoms with E-state index < -0.39 is 0 Å². The van der Waals surface area contributed by atoms with Crippen molar-refractivity contribution < 1.29 is 4.39 Å². The molecule has 0 spiro atoms. The van der Waals surface area contributed by atoms with Crippen LogP contribution in [0.15, 0.2) is 24.3 Å². The van der Waals surface area contributed by atoms with E-state index in [9.17, 15) is 4.39 Å². The molecule has 1 aliphatic heterocycles. The molecule has 1 saturated carbocycles. The first-order valence-electron chi connectivity index (χ1n) is 8.04. The minimum absolute atomic E-state index is 0.131. The van der Waals surface area contributed by atoms with Gasteiger partial charge in [-0.15, -0.1) is 5.10 Å². The second kappa shape index (κ2) is 5.76. The van der Waals surface area contributed by atoms with Gasteiger partial charge in [0.05, 0.1) is 0 Å². The number of aryl methyl sites for hydroxylation is 2. The van der Waals surface area contributed by atoms with E-state index in [4.69, 9.17) is 0 Å². The summed E-state index contributed by atoms with van der Waals surface area (Å²) < 4.78 is 15.2. The van der Waals surface area contributed by atoms with Crippen molar-refractivity contribution in [3.63, 3.8) is 0 Å². The van der Waals surface area contributed by atoms with E-state index in [0.29, 0.717) is 18.0 Å². The van der Waals surface area contributed by atoms with Gasteiger partial charge in [-0.3, -0.25) is 0 Å².